The summed E-state index contributed by atoms with van der Waals surface area (Å²) >= 11 is 0. The van der Waals surface area contributed by atoms with Crippen molar-refractivity contribution in [3.63, 3.8) is 0 Å². The standard InChI is InChI=1S/C24H26FN5O/c1-16-9-20-14-29(15-21(16)30(20)22-6-5-17(11-26)12-27-22)23(31)13-28-24(7-8-24)18-3-2-4-19(25)10-18/h2-6,10,12,16,20-21,28H,7-9,13-15H2,1H3/t16-,20?,21?/m0/s1. The number of pyridine rings is 1. The Hall–Kier alpha value is -2.98. The van der Waals surface area contributed by atoms with Crippen LogP contribution in [0.15, 0.2) is 42.6 Å². The second-order valence-corrected chi connectivity index (χ2v) is 9.10. The van der Waals surface area contributed by atoms with Crippen molar-refractivity contribution in [3.05, 3.63) is 59.5 Å². The molecule has 0 spiro atoms. The quantitative estimate of drug-likeness (QED) is 0.807. The molecule has 1 amide bonds. The lowest BCUT2D eigenvalue weighted by Crippen LogP contribution is -2.58. The van der Waals surface area contributed by atoms with Gasteiger partial charge >= 0.3 is 0 Å². The summed E-state index contributed by atoms with van der Waals surface area (Å²) in [6.45, 7) is 3.85. The van der Waals surface area contributed by atoms with Gasteiger partial charge in [-0.05, 0) is 55.0 Å². The highest BCUT2D eigenvalue weighted by Crippen LogP contribution is 2.45. The maximum Gasteiger partial charge on any atom is 0.236 e. The Kier molecular flexibility index (Phi) is 4.90. The average molecular weight is 420 g/mol. The number of hydrogen-bond acceptors (Lipinski definition) is 5. The molecule has 2 bridgehead atoms. The van der Waals surface area contributed by atoms with E-state index in [4.69, 9.17) is 5.26 Å². The van der Waals surface area contributed by atoms with Crippen molar-refractivity contribution in [2.24, 2.45) is 5.92 Å². The van der Waals surface area contributed by atoms with E-state index in [0.717, 1.165) is 30.6 Å². The smallest absolute Gasteiger partial charge is 0.236 e. The van der Waals surface area contributed by atoms with Crippen LogP contribution >= 0.6 is 0 Å². The molecule has 1 aliphatic carbocycles. The Bertz CT molecular complexity index is 1030. The van der Waals surface area contributed by atoms with Crippen LogP contribution in [0.3, 0.4) is 0 Å². The van der Waals surface area contributed by atoms with Crippen molar-refractivity contribution in [1.82, 2.24) is 15.2 Å². The van der Waals surface area contributed by atoms with Crippen LogP contribution < -0.4 is 10.2 Å². The maximum atomic E-state index is 13.6. The molecule has 2 unspecified atom stereocenters. The molecular weight excluding hydrogens is 393 g/mol. The van der Waals surface area contributed by atoms with Gasteiger partial charge in [-0.15, -0.1) is 0 Å². The van der Waals surface area contributed by atoms with E-state index >= 15 is 0 Å². The van der Waals surface area contributed by atoms with E-state index < -0.39 is 0 Å². The molecule has 6 nitrogen and oxygen atoms in total. The Labute approximate surface area is 181 Å². The second-order valence-electron chi connectivity index (χ2n) is 9.10. The van der Waals surface area contributed by atoms with E-state index in [1.807, 2.05) is 17.0 Å². The van der Waals surface area contributed by atoms with Crippen LogP contribution in [0.5, 0.6) is 0 Å². The number of anilines is 1. The molecule has 1 N–H and O–H groups in total. The zero-order valence-electron chi connectivity index (χ0n) is 17.6. The van der Waals surface area contributed by atoms with Crippen molar-refractivity contribution < 1.29 is 9.18 Å². The van der Waals surface area contributed by atoms with Gasteiger partial charge in [0.1, 0.15) is 17.7 Å². The number of likely N-dealkylation sites (tertiary alicyclic amines) is 1. The molecule has 3 atom stereocenters. The minimum atomic E-state index is -0.266. The number of nitriles is 1. The van der Waals surface area contributed by atoms with Gasteiger partial charge in [-0.2, -0.15) is 5.26 Å². The SMILES string of the molecule is C[C@H]1CC2CN(C(=O)CNC3(c4cccc(F)c4)CC3)CC1N2c1ccc(C#N)cn1. The number of amides is 1. The summed E-state index contributed by atoms with van der Waals surface area (Å²) in [5.41, 5.74) is 1.21. The van der Waals surface area contributed by atoms with E-state index in [-0.39, 0.29) is 35.9 Å². The summed E-state index contributed by atoms with van der Waals surface area (Å²) in [5.74, 6) is 1.20. The van der Waals surface area contributed by atoms with Crippen LogP contribution in [0.2, 0.25) is 0 Å². The molecule has 1 saturated carbocycles. The van der Waals surface area contributed by atoms with Gasteiger partial charge in [0.15, 0.2) is 0 Å². The molecule has 7 heteroatoms. The first-order chi connectivity index (χ1) is 15.0. The highest BCUT2D eigenvalue weighted by molar-refractivity contribution is 5.79. The number of carbonyl (C=O) groups excluding carboxylic acids is 1. The number of rotatable bonds is 5. The van der Waals surface area contributed by atoms with Crippen molar-refractivity contribution in [3.8, 4) is 6.07 Å². The summed E-state index contributed by atoms with van der Waals surface area (Å²) in [6, 6.07) is 12.9. The van der Waals surface area contributed by atoms with Gasteiger partial charge in [0.05, 0.1) is 18.2 Å². The number of halogens is 1. The summed E-state index contributed by atoms with van der Waals surface area (Å²) < 4.78 is 13.6. The van der Waals surface area contributed by atoms with Crippen molar-refractivity contribution in [2.45, 2.75) is 43.8 Å². The molecule has 3 fully saturated rings. The number of nitrogens with zero attached hydrogens (tertiary/aromatic N) is 4. The molecule has 0 radical (unpaired) electrons. The molecular formula is C24H26FN5O. The molecule has 160 valence electrons. The van der Waals surface area contributed by atoms with E-state index in [0.29, 0.717) is 24.6 Å². The number of carbonyl (C=O) groups is 1. The first-order valence-electron chi connectivity index (χ1n) is 10.9. The lowest BCUT2D eigenvalue weighted by atomic mass is 10.0. The van der Waals surface area contributed by atoms with E-state index in [1.165, 1.54) is 6.07 Å². The minimum Gasteiger partial charge on any atom is -0.347 e. The highest BCUT2D eigenvalue weighted by Gasteiger charge is 2.47. The topological polar surface area (TPSA) is 72.3 Å². The lowest BCUT2D eigenvalue weighted by Gasteiger charge is -2.42. The summed E-state index contributed by atoms with van der Waals surface area (Å²) in [7, 11) is 0. The Morgan fingerprint density at radius 3 is 2.81 bits per heavy atom. The van der Waals surface area contributed by atoms with Crippen LogP contribution in [0.1, 0.15) is 37.3 Å². The predicted octanol–water partition coefficient (Wildman–Crippen LogP) is 2.80. The number of nitrogens with one attached hydrogen (secondary N) is 1. The van der Waals surface area contributed by atoms with Gasteiger partial charge in [-0.1, -0.05) is 19.1 Å². The Morgan fingerprint density at radius 1 is 1.32 bits per heavy atom. The van der Waals surface area contributed by atoms with Crippen LogP contribution in [0.4, 0.5) is 10.2 Å². The van der Waals surface area contributed by atoms with Gasteiger partial charge in [0.25, 0.3) is 0 Å². The summed E-state index contributed by atoms with van der Waals surface area (Å²) in [6.07, 6.45) is 4.48. The normalized spacial score (nSPS) is 25.9. The summed E-state index contributed by atoms with van der Waals surface area (Å²) in [4.78, 5) is 21.8. The van der Waals surface area contributed by atoms with Gasteiger partial charge in [-0.25, -0.2) is 9.37 Å². The van der Waals surface area contributed by atoms with Gasteiger partial charge < -0.3 is 9.80 Å². The molecule has 1 aromatic heterocycles. The lowest BCUT2D eigenvalue weighted by molar-refractivity contribution is -0.131. The van der Waals surface area contributed by atoms with Gasteiger partial charge in [0.2, 0.25) is 5.91 Å². The monoisotopic (exact) mass is 419 g/mol. The predicted molar refractivity (Wildman–Crippen MR) is 115 cm³/mol. The molecule has 3 aliphatic rings. The zero-order valence-corrected chi connectivity index (χ0v) is 17.6. The second kappa shape index (κ2) is 7.61. The number of hydrogen-bond donors (Lipinski definition) is 1. The molecule has 2 saturated heterocycles. The van der Waals surface area contributed by atoms with Gasteiger partial charge in [0, 0.05) is 30.9 Å². The Morgan fingerprint density at radius 2 is 2.16 bits per heavy atom. The van der Waals surface area contributed by atoms with Crippen molar-refractivity contribution in [2.75, 3.05) is 24.5 Å². The van der Waals surface area contributed by atoms with Crippen LogP contribution in [0, 0.1) is 23.1 Å². The van der Waals surface area contributed by atoms with E-state index in [2.05, 4.69) is 28.2 Å². The van der Waals surface area contributed by atoms with Crippen molar-refractivity contribution in [1.29, 1.82) is 5.26 Å². The first-order valence-corrected chi connectivity index (χ1v) is 10.9. The number of aromatic nitrogens is 1. The van der Waals surface area contributed by atoms with E-state index in [9.17, 15) is 9.18 Å². The average Bonchev–Trinajstić information content (AvgIpc) is 3.54. The largest absolute Gasteiger partial charge is 0.347 e. The first kappa shape index (κ1) is 20.0. The zero-order chi connectivity index (χ0) is 21.6. The number of benzene rings is 1. The fourth-order valence-electron chi connectivity index (χ4n) is 5.23. The highest BCUT2D eigenvalue weighted by atomic mass is 19.1. The fraction of sp³-hybridized carbons (Fsp3) is 0.458. The number of piperazine rings is 1. The van der Waals surface area contributed by atoms with Crippen LogP contribution in [-0.4, -0.2) is 47.5 Å². The van der Waals surface area contributed by atoms with Gasteiger partial charge in [-0.3, -0.25) is 10.1 Å². The third-order valence-corrected chi connectivity index (χ3v) is 7.09. The van der Waals surface area contributed by atoms with Crippen molar-refractivity contribution >= 4 is 11.7 Å². The molecule has 31 heavy (non-hydrogen) atoms. The maximum absolute atomic E-state index is 13.6. The Balaban J connectivity index is 1.25. The molecule has 2 aromatic rings. The molecule has 2 aliphatic heterocycles. The molecule has 1 aromatic carbocycles. The minimum absolute atomic E-state index is 0.0965. The molecule has 5 rings (SSSR count). The number of fused-ring (bicyclic) bond motifs is 2. The van der Waals surface area contributed by atoms with Crippen LogP contribution in [-0.2, 0) is 10.3 Å². The summed E-state index contributed by atoms with van der Waals surface area (Å²) in [5, 5.41) is 12.4. The molecule has 3 heterocycles. The third-order valence-electron chi connectivity index (χ3n) is 7.09. The fourth-order valence-corrected chi connectivity index (χ4v) is 5.23. The van der Waals surface area contributed by atoms with E-state index in [1.54, 1.807) is 24.4 Å². The third kappa shape index (κ3) is 3.66. The van der Waals surface area contributed by atoms with Crippen LogP contribution in [0.25, 0.3) is 0 Å².